The zero-order valence-corrected chi connectivity index (χ0v) is 15.7. The molecule has 0 aromatic heterocycles. The van der Waals surface area contributed by atoms with Crippen molar-refractivity contribution < 1.29 is 4.79 Å². The Morgan fingerprint density at radius 3 is 2.38 bits per heavy atom. The quantitative estimate of drug-likeness (QED) is 0.768. The lowest BCUT2D eigenvalue weighted by Crippen LogP contribution is -2.17. The number of halogens is 1. The van der Waals surface area contributed by atoms with Crippen LogP contribution < -0.4 is 5.32 Å². The van der Waals surface area contributed by atoms with E-state index >= 15 is 0 Å². The SMILES string of the molecule is Cc1cc(Cl)cc(C2C(C(=O)Nc3ccc(C)c(C)c3)C2(C)C)c1. The molecule has 2 aromatic rings. The Kier molecular flexibility index (Phi) is 4.21. The molecule has 2 atom stereocenters. The number of hydrogen-bond acceptors (Lipinski definition) is 1. The minimum Gasteiger partial charge on any atom is -0.326 e. The van der Waals surface area contributed by atoms with Crippen LogP contribution in [0.25, 0.3) is 0 Å². The highest BCUT2D eigenvalue weighted by Crippen LogP contribution is 2.64. The fraction of sp³-hybridized carbons (Fsp3) is 0.381. The monoisotopic (exact) mass is 341 g/mol. The number of benzene rings is 2. The van der Waals surface area contributed by atoms with Crippen LogP contribution in [0.3, 0.4) is 0 Å². The van der Waals surface area contributed by atoms with E-state index in [0.29, 0.717) is 0 Å². The number of aryl methyl sites for hydroxylation is 3. The van der Waals surface area contributed by atoms with Gasteiger partial charge in [0.1, 0.15) is 0 Å². The van der Waals surface area contributed by atoms with Gasteiger partial charge in [0.15, 0.2) is 0 Å². The Morgan fingerprint density at radius 1 is 1.04 bits per heavy atom. The van der Waals surface area contributed by atoms with Crippen molar-refractivity contribution in [1.82, 2.24) is 0 Å². The molecule has 0 aliphatic heterocycles. The first kappa shape index (κ1) is 17.0. The molecule has 0 heterocycles. The predicted octanol–water partition coefficient (Wildman–Crippen LogP) is 5.64. The van der Waals surface area contributed by atoms with Crippen LogP contribution in [0.4, 0.5) is 5.69 Å². The molecule has 126 valence electrons. The lowest BCUT2D eigenvalue weighted by Gasteiger charge is -2.08. The van der Waals surface area contributed by atoms with E-state index in [1.165, 1.54) is 11.1 Å². The summed E-state index contributed by atoms with van der Waals surface area (Å²) in [5, 5.41) is 3.82. The van der Waals surface area contributed by atoms with Gasteiger partial charge in [-0.05, 0) is 72.7 Å². The van der Waals surface area contributed by atoms with Crippen molar-refractivity contribution in [2.45, 2.75) is 40.5 Å². The molecule has 3 heteroatoms. The summed E-state index contributed by atoms with van der Waals surface area (Å²) in [6, 6.07) is 12.1. The second kappa shape index (κ2) is 5.93. The van der Waals surface area contributed by atoms with Gasteiger partial charge in [0.25, 0.3) is 0 Å². The van der Waals surface area contributed by atoms with Crippen LogP contribution in [0, 0.1) is 32.1 Å². The third-order valence-electron chi connectivity index (χ3n) is 5.31. The second-order valence-corrected chi connectivity index (χ2v) is 8.06. The molecular formula is C21H24ClNO. The van der Waals surface area contributed by atoms with Crippen LogP contribution in [0.5, 0.6) is 0 Å². The summed E-state index contributed by atoms with van der Waals surface area (Å²) in [6.07, 6.45) is 0. The molecule has 0 bridgehead atoms. The van der Waals surface area contributed by atoms with E-state index in [1.54, 1.807) is 0 Å². The van der Waals surface area contributed by atoms with E-state index in [9.17, 15) is 4.79 Å². The molecule has 3 rings (SSSR count). The summed E-state index contributed by atoms with van der Waals surface area (Å²) in [4.78, 5) is 12.8. The van der Waals surface area contributed by atoms with Crippen molar-refractivity contribution in [2.75, 3.05) is 5.32 Å². The Bertz CT molecular complexity index is 789. The van der Waals surface area contributed by atoms with Gasteiger partial charge in [-0.2, -0.15) is 0 Å². The highest BCUT2D eigenvalue weighted by molar-refractivity contribution is 6.30. The average Bonchev–Trinajstić information content (AvgIpc) is 3.05. The van der Waals surface area contributed by atoms with Crippen LogP contribution in [0.2, 0.25) is 5.02 Å². The molecule has 24 heavy (non-hydrogen) atoms. The van der Waals surface area contributed by atoms with Crippen LogP contribution in [0.15, 0.2) is 36.4 Å². The molecule has 1 aliphatic carbocycles. The van der Waals surface area contributed by atoms with E-state index < -0.39 is 0 Å². The lowest BCUT2D eigenvalue weighted by atomic mass is 10.0. The summed E-state index contributed by atoms with van der Waals surface area (Å²) in [5.74, 6) is 0.268. The number of amides is 1. The van der Waals surface area contributed by atoms with E-state index in [2.05, 4.69) is 39.1 Å². The Labute approximate surface area is 149 Å². The first-order valence-electron chi connectivity index (χ1n) is 8.35. The lowest BCUT2D eigenvalue weighted by molar-refractivity contribution is -0.118. The Balaban J connectivity index is 1.81. The Hall–Kier alpha value is -1.80. The summed E-state index contributed by atoms with van der Waals surface area (Å²) in [7, 11) is 0. The first-order valence-corrected chi connectivity index (χ1v) is 8.73. The number of rotatable bonds is 3. The largest absolute Gasteiger partial charge is 0.326 e. The molecule has 2 unspecified atom stereocenters. The maximum absolute atomic E-state index is 12.8. The van der Waals surface area contributed by atoms with Gasteiger partial charge in [-0.3, -0.25) is 4.79 Å². The van der Waals surface area contributed by atoms with Crippen molar-refractivity contribution >= 4 is 23.2 Å². The van der Waals surface area contributed by atoms with Crippen LogP contribution in [-0.4, -0.2) is 5.91 Å². The molecule has 1 N–H and O–H groups in total. The van der Waals surface area contributed by atoms with E-state index in [-0.39, 0.29) is 23.2 Å². The molecular weight excluding hydrogens is 318 g/mol. The molecule has 1 saturated carbocycles. The third kappa shape index (κ3) is 3.08. The second-order valence-electron chi connectivity index (χ2n) is 7.63. The summed E-state index contributed by atoms with van der Waals surface area (Å²) >= 11 is 6.20. The number of hydrogen-bond donors (Lipinski definition) is 1. The van der Waals surface area contributed by atoms with Gasteiger partial charge in [0.2, 0.25) is 5.91 Å². The van der Waals surface area contributed by atoms with Crippen molar-refractivity contribution in [3.8, 4) is 0 Å². The summed E-state index contributed by atoms with van der Waals surface area (Å²) in [6.45, 7) is 10.5. The maximum atomic E-state index is 12.8. The molecule has 2 nitrogen and oxygen atoms in total. The van der Waals surface area contributed by atoms with Crippen molar-refractivity contribution in [3.05, 3.63) is 63.7 Å². The zero-order valence-electron chi connectivity index (χ0n) is 14.9. The van der Waals surface area contributed by atoms with Crippen molar-refractivity contribution in [3.63, 3.8) is 0 Å². The van der Waals surface area contributed by atoms with Gasteiger partial charge in [0.05, 0.1) is 5.92 Å². The number of carbonyl (C=O) groups excluding carboxylic acids is 1. The number of nitrogens with one attached hydrogen (secondary N) is 1. The number of carbonyl (C=O) groups is 1. The van der Waals surface area contributed by atoms with Crippen LogP contribution in [-0.2, 0) is 4.79 Å². The fourth-order valence-electron chi connectivity index (χ4n) is 3.73. The fourth-order valence-corrected chi connectivity index (χ4v) is 4.03. The van der Waals surface area contributed by atoms with Gasteiger partial charge in [-0.25, -0.2) is 0 Å². The molecule has 2 aromatic carbocycles. The standard InChI is InChI=1S/C21H24ClNO/c1-12-8-15(11-16(22)9-12)18-19(21(18,4)5)20(24)23-17-7-6-13(2)14(3)10-17/h6-11,18-19H,1-5H3,(H,23,24). The minimum atomic E-state index is -0.0546. The molecule has 1 fully saturated rings. The van der Waals surface area contributed by atoms with Gasteiger partial charge in [-0.1, -0.05) is 37.6 Å². The van der Waals surface area contributed by atoms with E-state index in [1.807, 2.05) is 37.3 Å². The van der Waals surface area contributed by atoms with Crippen LogP contribution in [0.1, 0.15) is 42.0 Å². The first-order chi connectivity index (χ1) is 11.2. The highest BCUT2D eigenvalue weighted by atomic mass is 35.5. The Morgan fingerprint density at radius 2 is 1.75 bits per heavy atom. The minimum absolute atomic E-state index is 0.0306. The molecule has 0 saturated heterocycles. The highest BCUT2D eigenvalue weighted by Gasteiger charge is 2.62. The average molecular weight is 342 g/mol. The van der Waals surface area contributed by atoms with Crippen molar-refractivity contribution in [1.29, 1.82) is 0 Å². The molecule has 0 radical (unpaired) electrons. The van der Waals surface area contributed by atoms with E-state index in [0.717, 1.165) is 21.8 Å². The molecule has 0 spiro atoms. The topological polar surface area (TPSA) is 29.1 Å². The smallest absolute Gasteiger partial charge is 0.228 e. The predicted molar refractivity (Wildman–Crippen MR) is 101 cm³/mol. The number of anilines is 1. The molecule has 1 amide bonds. The third-order valence-corrected chi connectivity index (χ3v) is 5.53. The van der Waals surface area contributed by atoms with Gasteiger partial charge in [-0.15, -0.1) is 0 Å². The summed E-state index contributed by atoms with van der Waals surface area (Å²) in [5.41, 5.74) is 5.52. The maximum Gasteiger partial charge on any atom is 0.228 e. The van der Waals surface area contributed by atoms with E-state index in [4.69, 9.17) is 11.6 Å². The zero-order chi connectivity index (χ0) is 17.6. The van der Waals surface area contributed by atoms with Gasteiger partial charge >= 0.3 is 0 Å². The van der Waals surface area contributed by atoms with Gasteiger partial charge in [0, 0.05) is 16.6 Å². The van der Waals surface area contributed by atoms with Gasteiger partial charge < -0.3 is 5.32 Å². The molecule has 1 aliphatic rings. The van der Waals surface area contributed by atoms with Crippen LogP contribution >= 0.6 is 11.6 Å². The normalized spacial score (nSPS) is 21.4. The summed E-state index contributed by atoms with van der Waals surface area (Å²) < 4.78 is 0. The van der Waals surface area contributed by atoms with Crippen molar-refractivity contribution in [2.24, 2.45) is 11.3 Å².